The number of carbonyl (C=O) groups excluding carboxylic acids is 2. The van der Waals surface area contributed by atoms with E-state index < -0.39 is 34.6 Å². The SMILES string of the molecule is C[C@H](OC(=O)c1ccc(C(F)(F)F)cc1)C(=O)Nc1ccccc1[N+](=O)[O-]. The Labute approximate surface area is 150 Å². The number of amides is 1. The molecule has 0 bridgehead atoms. The number of hydrogen-bond acceptors (Lipinski definition) is 5. The van der Waals surface area contributed by atoms with Crippen LogP contribution in [0.5, 0.6) is 0 Å². The lowest BCUT2D eigenvalue weighted by Gasteiger charge is -2.14. The Morgan fingerprint density at radius 2 is 1.70 bits per heavy atom. The minimum absolute atomic E-state index is 0.0788. The zero-order valence-electron chi connectivity index (χ0n) is 13.8. The van der Waals surface area contributed by atoms with Crippen LogP contribution < -0.4 is 5.32 Å². The number of hydrogen-bond donors (Lipinski definition) is 1. The molecule has 0 radical (unpaired) electrons. The third-order valence-electron chi connectivity index (χ3n) is 3.46. The summed E-state index contributed by atoms with van der Waals surface area (Å²) in [5, 5.41) is 13.2. The summed E-state index contributed by atoms with van der Waals surface area (Å²) in [7, 11) is 0. The molecule has 0 spiro atoms. The summed E-state index contributed by atoms with van der Waals surface area (Å²) in [6.07, 6.45) is -5.88. The van der Waals surface area contributed by atoms with Crippen LogP contribution in [0.25, 0.3) is 0 Å². The number of nitro benzene ring substituents is 1. The second-order valence-electron chi connectivity index (χ2n) is 5.39. The standard InChI is InChI=1S/C17H13F3N2O5/c1-10(15(23)21-13-4-2-3-5-14(13)22(25)26)27-16(24)11-6-8-12(9-7-11)17(18,19)20/h2-10H,1H3,(H,21,23)/t10-/m0/s1. The summed E-state index contributed by atoms with van der Waals surface area (Å²) < 4.78 is 42.4. The van der Waals surface area contributed by atoms with E-state index in [0.29, 0.717) is 12.1 Å². The highest BCUT2D eigenvalue weighted by molar-refractivity contribution is 5.98. The predicted molar refractivity (Wildman–Crippen MR) is 88.0 cm³/mol. The summed E-state index contributed by atoms with van der Waals surface area (Å²) in [5.74, 6) is -1.83. The number of nitrogens with one attached hydrogen (secondary N) is 1. The van der Waals surface area contributed by atoms with Gasteiger partial charge in [-0.15, -0.1) is 0 Å². The number of esters is 1. The molecule has 1 amide bonds. The second-order valence-corrected chi connectivity index (χ2v) is 5.39. The molecule has 1 atom stereocenters. The number of carbonyl (C=O) groups is 2. The maximum atomic E-state index is 12.5. The van der Waals surface area contributed by atoms with Crippen molar-refractivity contribution in [3.63, 3.8) is 0 Å². The number of anilines is 1. The number of alkyl halides is 3. The first kappa shape index (κ1) is 19.9. The van der Waals surface area contributed by atoms with Gasteiger partial charge >= 0.3 is 12.1 Å². The van der Waals surface area contributed by atoms with Crippen molar-refractivity contribution in [2.24, 2.45) is 0 Å². The van der Waals surface area contributed by atoms with Gasteiger partial charge in [0.15, 0.2) is 6.10 Å². The normalized spacial score (nSPS) is 12.1. The van der Waals surface area contributed by atoms with Crippen LogP contribution in [0.2, 0.25) is 0 Å². The molecule has 1 N–H and O–H groups in total. The molecule has 0 fully saturated rings. The van der Waals surface area contributed by atoms with Crippen LogP contribution in [-0.4, -0.2) is 22.9 Å². The van der Waals surface area contributed by atoms with Crippen molar-refractivity contribution in [2.45, 2.75) is 19.2 Å². The Balaban J connectivity index is 2.04. The molecule has 142 valence electrons. The quantitative estimate of drug-likeness (QED) is 0.482. The lowest BCUT2D eigenvalue weighted by atomic mass is 10.1. The van der Waals surface area contributed by atoms with Crippen LogP contribution in [0, 0.1) is 10.1 Å². The van der Waals surface area contributed by atoms with Gasteiger partial charge in [0.05, 0.1) is 16.1 Å². The van der Waals surface area contributed by atoms with Crippen LogP contribution >= 0.6 is 0 Å². The number of halogens is 3. The summed E-state index contributed by atoms with van der Waals surface area (Å²) in [4.78, 5) is 34.3. The molecule has 2 aromatic carbocycles. The third-order valence-corrected chi connectivity index (χ3v) is 3.46. The molecule has 0 unspecified atom stereocenters. The highest BCUT2D eigenvalue weighted by Crippen LogP contribution is 2.29. The molecule has 0 aliphatic rings. The van der Waals surface area contributed by atoms with Crippen molar-refractivity contribution in [3.05, 3.63) is 69.8 Å². The Kier molecular flexibility index (Phi) is 5.78. The van der Waals surface area contributed by atoms with E-state index in [1.165, 1.54) is 31.2 Å². The van der Waals surface area contributed by atoms with E-state index in [9.17, 15) is 32.9 Å². The number of benzene rings is 2. The molecule has 27 heavy (non-hydrogen) atoms. The molecule has 0 saturated heterocycles. The number of nitro groups is 1. The van der Waals surface area contributed by atoms with Crippen molar-refractivity contribution < 1.29 is 32.4 Å². The fourth-order valence-electron chi connectivity index (χ4n) is 2.05. The highest BCUT2D eigenvalue weighted by Gasteiger charge is 2.30. The number of rotatable bonds is 5. The highest BCUT2D eigenvalue weighted by atomic mass is 19.4. The monoisotopic (exact) mass is 382 g/mol. The Bertz CT molecular complexity index is 866. The zero-order valence-corrected chi connectivity index (χ0v) is 13.8. The van der Waals surface area contributed by atoms with Crippen molar-refractivity contribution in [3.8, 4) is 0 Å². The molecule has 0 aromatic heterocycles. The largest absolute Gasteiger partial charge is 0.449 e. The maximum Gasteiger partial charge on any atom is 0.416 e. The molecule has 7 nitrogen and oxygen atoms in total. The van der Waals surface area contributed by atoms with Crippen molar-refractivity contribution in [1.82, 2.24) is 0 Å². The summed E-state index contributed by atoms with van der Waals surface area (Å²) in [6, 6.07) is 8.68. The van der Waals surface area contributed by atoms with E-state index in [4.69, 9.17) is 4.74 Å². The van der Waals surface area contributed by atoms with E-state index in [-0.39, 0.29) is 16.9 Å². The van der Waals surface area contributed by atoms with Crippen molar-refractivity contribution in [1.29, 1.82) is 0 Å². The first-order chi connectivity index (χ1) is 12.6. The summed E-state index contributed by atoms with van der Waals surface area (Å²) >= 11 is 0. The van der Waals surface area contributed by atoms with Crippen LogP contribution in [0.15, 0.2) is 48.5 Å². The van der Waals surface area contributed by atoms with E-state index in [1.54, 1.807) is 0 Å². The van der Waals surface area contributed by atoms with Gasteiger partial charge in [0.25, 0.3) is 11.6 Å². The Morgan fingerprint density at radius 1 is 1.11 bits per heavy atom. The first-order valence-corrected chi connectivity index (χ1v) is 7.52. The molecule has 2 rings (SSSR count). The van der Waals surface area contributed by atoms with Gasteiger partial charge in [0.1, 0.15) is 5.69 Å². The van der Waals surface area contributed by atoms with Gasteiger partial charge in [-0.1, -0.05) is 12.1 Å². The number of para-hydroxylation sites is 2. The molecule has 2 aromatic rings. The van der Waals surface area contributed by atoms with Gasteiger partial charge in [0.2, 0.25) is 0 Å². The van der Waals surface area contributed by atoms with Crippen molar-refractivity contribution >= 4 is 23.3 Å². The van der Waals surface area contributed by atoms with Gasteiger partial charge in [0, 0.05) is 6.07 Å². The molecule has 0 heterocycles. The lowest BCUT2D eigenvalue weighted by molar-refractivity contribution is -0.383. The topological polar surface area (TPSA) is 98.5 Å². The number of nitrogens with zero attached hydrogens (tertiary/aromatic N) is 1. The Hall–Kier alpha value is -3.43. The van der Waals surface area contributed by atoms with Crippen molar-refractivity contribution in [2.75, 3.05) is 5.32 Å². The third kappa shape index (κ3) is 5.03. The minimum atomic E-state index is -4.54. The fraction of sp³-hybridized carbons (Fsp3) is 0.176. The van der Waals surface area contributed by atoms with Gasteiger partial charge in [-0.05, 0) is 37.3 Å². The van der Waals surface area contributed by atoms with E-state index in [1.807, 2.05) is 0 Å². The van der Waals surface area contributed by atoms with E-state index in [0.717, 1.165) is 12.1 Å². The molecular weight excluding hydrogens is 369 g/mol. The summed E-state index contributed by atoms with van der Waals surface area (Å²) in [6.45, 7) is 1.23. The van der Waals surface area contributed by atoms with E-state index in [2.05, 4.69) is 5.32 Å². The maximum absolute atomic E-state index is 12.5. The molecule has 0 saturated carbocycles. The fourth-order valence-corrected chi connectivity index (χ4v) is 2.05. The minimum Gasteiger partial charge on any atom is -0.449 e. The average Bonchev–Trinajstić information content (AvgIpc) is 2.61. The average molecular weight is 382 g/mol. The summed E-state index contributed by atoms with van der Waals surface area (Å²) in [5.41, 5.74) is -1.52. The van der Waals surface area contributed by atoms with Crippen LogP contribution in [0.3, 0.4) is 0 Å². The smallest absolute Gasteiger partial charge is 0.416 e. The molecular formula is C17H13F3N2O5. The van der Waals surface area contributed by atoms with Gasteiger partial charge in [-0.25, -0.2) is 4.79 Å². The van der Waals surface area contributed by atoms with Gasteiger partial charge in [-0.3, -0.25) is 14.9 Å². The lowest BCUT2D eigenvalue weighted by Crippen LogP contribution is -2.30. The number of ether oxygens (including phenoxy) is 1. The van der Waals surface area contributed by atoms with Crippen LogP contribution in [0.1, 0.15) is 22.8 Å². The zero-order chi connectivity index (χ0) is 20.2. The molecule has 10 heteroatoms. The van der Waals surface area contributed by atoms with E-state index >= 15 is 0 Å². The molecule has 0 aliphatic carbocycles. The Morgan fingerprint density at radius 3 is 2.26 bits per heavy atom. The van der Waals surface area contributed by atoms with Gasteiger partial charge in [-0.2, -0.15) is 13.2 Å². The second kappa shape index (κ2) is 7.85. The first-order valence-electron chi connectivity index (χ1n) is 7.52. The predicted octanol–water partition coefficient (Wildman–Crippen LogP) is 3.80. The van der Waals surface area contributed by atoms with Gasteiger partial charge < -0.3 is 10.1 Å². The van der Waals surface area contributed by atoms with Crippen LogP contribution in [-0.2, 0) is 15.7 Å². The van der Waals surface area contributed by atoms with Crippen LogP contribution in [0.4, 0.5) is 24.5 Å². The molecule has 0 aliphatic heterocycles.